The van der Waals surface area contributed by atoms with Crippen LogP contribution in [0.1, 0.15) is 43.5 Å². The molecule has 1 aliphatic heterocycles. The van der Waals surface area contributed by atoms with Crippen LogP contribution < -0.4 is 0 Å². The highest BCUT2D eigenvalue weighted by Gasteiger charge is 2.31. The molecule has 1 amide bonds. The van der Waals surface area contributed by atoms with Crippen LogP contribution >= 0.6 is 0 Å². The van der Waals surface area contributed by atoms with Gasteiger partial charge in [0, 0.05) is 38.5 Å². The molecule has 1 N–H and O–H groups in total. The van der Waals surface area contributed by atoms with Crippen LogP contribution in [0.5, 0.6) is 0 Å². The largest absolute Gasteiger partial charge is 0.416 e. The Bertz CT molecular complexity index is 968. The van der Waals surface area contributed by atoms with E-state index in [-0.39, 0.29) is 37.2 Å². The molecule has 194 valence electrons. The molecular weight excluding hydrogens is 463 g/mol. The van der Waals surface area contributed by atoms with Gasteiger partial charge in [0.2, 0.25) is 5.91 Å². The van der Waals surface area contributed by atoms with Crippen LogP contribution in [0, 0.1) is 5.92 Å². The van der Waals surface area contributed by atoms with Crippen LogP contribution in [0.2, 0.25) is 0 Å². The van der Waals surface area contributed by atoms with Crippen molar-refractivity contribution in [3.05, 3.63) is 47.3 Å². The molecule has 35 heavy (non-hydrogen) atoms. The third-order valence-electron chi connectivity index (χ3n) is 6.34. The number of likely N-dealkylation sites (N-methyl/N-ethyl adjacent to an activating group) is 1. The molecule has 1 aromatic carbocycles. The molecule has 3 atom stereocenters. The van der Waals surface area contributed by atoms with Gasteiger partial charge in [0.05, 0.1) is 42.8 Å². The normalized spacial score (nSPS) is 21.4. The van der Waals surface area contributed by atoms with Crippen molar-refractivity contribution in [3.63, 3.8) is 0 Å². The summed E-state index contributed by atoms with van der Waals surface area (Å²) in [5.41, 5.74) is 0.680. The molecule has 2 heterocycles. The first-order valence-corrected chi connectivity index (χ1v) is 11.8. The second kappa shape index (κ2) is 12.0. The van der Waals surface area contributed by atoms with Gasteiger partial charge in [-0.2, -0.15) is 13.2 Å². The molecule has 2 aromatic rings. The van der Waals surface area contributed by atoms with E-state index in [1.54, 1.807) is 21.8 Å². The van der Waals surface area contributed by atoms with Crippen LogP contribution in [-0.2, 0) is 35.4 Å². The predicted octanol–water partition coefficient (Wildman–Crippen LogP) is 2.95. The number of hydrogen-bond acceptors (Lipinski definition) is 6. The fourth-order valence-electron chi connectivity index (χ4n) is 4.28. The summed E-state index contributed by atoms with van der Waals surface area (Å²) in [5.74, 6) is -0.141. The Labute approximate surface area is 203 Å². The summed E-state index contributed by atoms with van der Waals surface area (Å²) >= 11 is 0. The average molecular weight is 498 g/mol. The molecule has 1 aromatic heterocycles. The maximum absolute atomic E-state index is 13.1. The van der Waals surface area contributed by atoms with Gasteiger partial charge in [-0.3, -0.25) is 9.69 Å². The van der Waals surface area contributed by atoms with E-state index in [4.69, 9.17) is 4.74 Å². The smallest absolute Gasteiger partial charge is 0.394 e. The highest BCUT2D eigenvalue weighted by molar-refractivity contribution is 5.76. The van der Waals surface area contributed by atoms with Gasteiger partial charge in [0.15, 0.2) is 0 Å². The number of carbonyl (C=O) groups is 1. The number of aromatic nitrogens is 3. The van der Waals surface area contributed by atoms with Crippen molar-refractivity contribution in [1.29, 1.82) is 0 Å². The summed E-state index contributed by atoms with van der Waals surface area (Å²) in [6.45, 7) is 5.60. The number of rotatable bonds is 6. The quantitative estimate of drug-likeness (QED) is 0.661. The second-order valence-corrected chi connectivity index (χ2v) is 9.35. The first-order valence-electron chi connectivity index (χ1n) is 11.8. The Morgan fingerprint density at radius 3 is 2.83 bits per heavy atom. The summed E-state index contributed by atoms with van der Waals surface area (Å²) in [5, 5.41) is 17.8. The molecule has 0 bridgehead atoms. The van der Waals surface area contributed by atoms with Gasteiger partial charge in [-0.05, 0) is 32.0 Å². The number of alkyl halides is 3. The topological polar surface area (TPSA) is 83.7 Å². The maximum atomic E-state index is 13.1. The van der Waals surface area contributed by atoms with E-state index >= 15 is 0 Å². The van der Waals surface area contributed by atoms with Crippen LogP contribution in [0.3, 0.4) is 0 Å². The number of aryl methyl sites for hydroxylation is 1. The molecule has 0 radical (unpaired) electrons. The monoisotopic (exact) mass is 497 g/mol. The molecule has 0 saturated heterocycles. The number of benzene rings is 1. The summed E-state index contributed by atoms with van der Waals surface area (Å²) in [6.07, 6.45) is -2.15. The number of aliphatic hydroxyl groups excluding tert-OH is 1. The molecule has 3 rings (SSSR count). The molecule has 11 heteroatoms. The van der Waals surface area contributed by atoms with Crippen molar-refractivity contribution in [3.8, 4) is 0 Å². The zero-order chi connectivity index (χ0) is 25.6. The first-order chi connectivity index (χ1) is 16.6. The standard InChI is InChI=1S/C24H34F3N5O3/c1-17-12-31(18(2)15-33)23(34)8-5-9-32-21(11-28-29-32)16-35-22(17)14-30(3)13-19-6-4-7-20(10-19)24(25,26)27/h4,6-7,10-11,17-18,22,33H,5,8-9,12-16H2,1-3H3/t17-,18-,22+/m1/s1. The Balaban J connectivity index is 1.78. The van der Waals surface area contributed by atoms with Gasteiger partial charge < -0.3 is 14.7 Å². The lowest BCUT2D eigenvalue weighted by molar-refractivity contribution is -0.138. The van der Waals surface area contributed by atoms with Crippen molar-refractivity contribution in [2.75, 3.05) is 26.7 Å². The van der Waals surface area contributed by atoms with Crippen molar-refractivity contribution >= 4 is 5.91 Å². The summed E-state index contributed by atoms with van der Waals surface area (Å²) in [6, 6.07) is 4.97. The predicted molar refractivity (Wildman–Crippen MR) is 123 cm³/mol. The highest BCUT2D eigenvalue weighted by Crippen LogP contribution is 2.30. The number of carbonyl (C=O) groups excluding carboxylic acids is 1. The molecule has 0 unspecified atom stereocenters. The fourth-order valence-corrected chi connectivity index (χ4v) is 4.28. The van der Waals surface area contributed by atoms with Crippen LogP contribution in [0.15, 0.2) is 30.5 Å². The van der Waals surface area contributed by atoms with E-state index in [1.165, 1.54) is 6.07 Å². The highest BCUT2D eigenvalue weighted by atomic mass is 19.4. The van der Waals surface area contributed by atoms with E-state index in [9.17, 15) is 23.1 Å². The van der Waals surface area contributed by atoms with Crippen LogP contribution in [0.25, 0.3) is 0 Å². The third-order valence-corrected chi connectivity index (χ3v) is 6.34. The summed E-state index contributed by atoms with van der Waals surface area (Å²) < 4.78 is 47.3. The lowest BCUT2D eigenvalue weighted by Gasteiger charge is -2.35. The van der Waals surface area contributed by atoms with Crippen molar-refractivity contribution < 1.29 is 27.8 Å². The fraction of sp³-hybridized carbons (Fsp3) is 0.625. The van der Waals surface area contributed by atoms with Crippen LogP contribution in [-0.4, -0.2) is 74.7 Å². The lowest BCUT2D eigenvalue weighted by atomic mass is 10.0. The van der Waals surface area contributed by atoms with Crippen LogP contribution in [0.4, 0.5) is 13.2 Å². The van der Waals surface area contributed by atoms with E-state index in [0.717, 1.165) is 17.8 Å². The molecule has 0 spiro atoms. The van der Waals surface area contributed by atoms with Crippen molar-refractivity contribution in [2.24, 2.45) is 5.92 Å². The number of amides is 1. The summed E-state index contributed by atoms with van der Waals surface area (Å²) in [4.78, 5) is 16.5. The zero-order valence-electron chi connectivity index (χ0n) is 20.4. The number of halogens is 3. The molecule has 0 fully saturated rings. The minimum absolute atomic E-state index is 0.0447. The number of aliphatic hydroxyl groups is 1. The van der Waals surface area contributed by atoms with Gasteiger partial charge in [0.1, 0.15) is 0 Å². The van der Waals surface area contributed by atoms with E-state index in [1.807, 2.05) is 25.8 Å². The molecule has 0 saturated carbocycles. The number of hydrogen-bond donors (Lipinski definition) is 1. The van der Waals surface area contributed by atoms with E-state index in [0.29, 0.717) is 44.6 Å². The number of fused-ring (bicyclic) bond motifs is 1. The molecule has 1 aliphatic rings. The zero-order valence-corrected chi connectivity index (χ0v) is 20.4. The van der Waals surface area contributed by atoms with Crippen molar-refractivity contribution in [2.45, 2.75) is 64.7 Å². The van der Waals surface area contributed by atoms with Crippen molar-refractivity contribution in [1.82, 2.24) is 24.8 Å². The Hall–Kier alpha value is -2.50. The Morgan fingerprint density at radius 1 is 1.34 bits per heavy atom. The second-order valence-electron chi connectivity index (χ2n) is 9.35. The minimum atomic E-state index is -4.39. The third kappa shape index (κ3) is 7.49. The van der Waals surface area contributed by atoms with Gasteiger partial charge in [-0.15, -0.1) is 5.10 Å². The van der Waals surface area contributed by atoms with E-state index in [2.05, 4.69) is 10.3 Å². The van der Waals surface area contributed by atoms with Gasteiger partial charge in [0.25, 0.3) is 0 Å². The molecule has 8 nitrogen and oxygen atoms in total. The number of ether oxygens (including phenoxy) is 1. The Kier molecular flexibility index (Phi) is 9.26. The lowest BCUT2D eigenvalue weighted by Crippen LogP contribution is -2.47. The van der Waals surface area contributed by atoms with Gasteiger partial charge in [-0.25, -0.2) is 4.68 Å². The summed E-state index contributed by atoms with van der Waals surface area (Å²) in [7, 11) is 1.83. The Morgan fingerprint density at radius 2 is 2.11 bits per heavy atom. The van der Waals surface area contributed by atoms with Gasteiger partial charge >= 0.3 is 6.18 Å². The average Bonchev–Trinajstić information content (AvgIpc) is 3.25. The minimum Gasteiger partial charge on any atom is -0.394 e. The maximum Gasteiger partial charge on any atom is 0.416 e. The number of nitrogens with zero attached hydrogens (tertiary/aromatic N) is 5. The van der Waals surface area contributed by atoms with E-state index < -0.39 is 11.7 Å². The molecular formula is C24H34F3N5O3. The first kappa shape index (κ1) is 27.1. The van der Waals surface area contributed by atoms with Gasteiger partial charge in [-0.1, -0.05) is 30.3 Å². The molecule has 0 aliphatic carbocycles. The SMILES string of the molecule is C[C@@H]1CN([C@H](C)CO)C(=O)CCCn2nncc2CO[C@H]1CN(C)Cc1cccc(C(F)(F)F)c1.